The van der Waals surface area contributed by atoms with Crippen molar-refractivity contribution in [2.24, 2.45) is 5.92 Å². The van der Waals surface area contributed by atoms with E-state index in [1.54, 1.807) is 4.90 Å². The van der Waals surface area contributed by atoms with E-state index in [4.69, 9.17) is 0 Å². The fraction of sp³-hybridized carbons (Fsp3) is 0.588. The predicted molar refractivity (Wildman–Crippen MR) is 92.3 cm³/mol. The van der Waals surface area contributed by atoms with Crippen molar-refractivity contribution in [1.82, 2.24) is 14.5 Å². The smallest absolute Gasteiger partial charge is 0.256 e. The maximum absolute atomic E-state index is 14.4. The van der Waals surface area contributed by atoms with Crippen LogP contribution < -0.4 is 5.32 Å². The highest BCUT2D eigenvalue weighted by molar-refractivity contribution is 7.89. The summed E-state index contributed by atoms with van der Waals surface area (Å²) in [5, 5.41) is 3.05. The summed E-state index contributed by atoms with van der Waals surface area (Å²) < 4.78 is 41.3. The fourth-order valence-corrected chi connectivity index (χ4v) is 5.08. The van der Waals surface area contributed by atoms with Crippen LogP contribution in [0, 0.1) is 11.7 Å². The quantitative estimate of drug-likeness (QED) is 0.849. The first-order valence-electron chi connectivity index (χ1n) is 8.67. The molecule has 3 rings (SSSR count). The zero-order valence-electron chi connectivity index (χ0n) is 14.4. The molecule has 2 heterocycles. The molecule has 0 bridgehead atoms. The van der Waals surface area contributed by atoms with E-state index in [1.165, 1.54) is 16.4 Å². The first-order valence-corrected chi connectivity index (χ1v) is 10.1. The van der Waals surface area contributed by atoms with E-state index in [1.807, 2.05) is 7.05 Å². The van der Waals surface area contributed by atoms with Gasteiger partial charge in [0.15, 0.2) is 0 Å². The SMILES string of the molecule is CNCC1CCN(S(=O)(=O)c2ccc(C(=O)N3CCCC3)c(F)c2)C1. The molecule has 1 atom stereocenters. The molecule has 2 fully saturated rings. The molecule has 1 aromatic carbocycles. The average molecular weight is 369 g/mol. The Hall–Kier alpha value is -1.51. The Morgan fingerprint density at radius 3 is 2.64 bits per heavy atom. The van der Waals surface area contributed by atoms with Gasteiger partial charge in [-0.05, 0) is 57.0 Å². The van der Waals surface area contributed by atoms with Crippen LogP contribution in [0.1, 0.15) is 29.6 Å². The number of benzene rings is 1. The molecule has 1 N–H and O–H groups in total. The normalized spacial score (nSPS) is 21.8. The third-order valence-corrected chi connectivity index (χ3v) is 6.80. The highest BCUT2D eigenvalue weighted by Crippen LogP contribution is 2.26. The van der Waals surface area contributed by atoms with Gasteiger partial charge in [0.25, 0.3) is 5.91 Å². The van der Waals surface area contributed by atoms with Crippen LogP contribution in [0.4, 0.5) is 4.39 Å². The van der Waals surface area contributed by atoms with Gasteiger partial charge in [0.2, 0.25) is 10.0 Å². The van der Waals surface area contributed by atoms with Crippen molar-refractivity contribution in [2.45, 2.75) is 24.2 Å². The zero-order chi connectivity index (χ0) is 18.0. The first kappa shape index (κ1) is 18.3. The van der Waals surface area contributed by atoms with Crippen LogP contribution in [0.2, 0.25) is 0 Å². The molecule has 2 aliphatic heterocycles. The van der Waals surface area contributed by atoms with Crippen molar-refractivity contribution >= 4 is 15.9 Å². The highest BCUT2D eigenvalue weighted by Gasteiger charge is 2.33. The van der Waals surface area contributed by atoms with Crippen molar-refractivity contribution in [2.75, 3.05) is 39.8 Å². The minimum absolute atomic E-state index is 0.0599. The van der Waals surface area contributed by atoms with Crippen molar-refractivity contribution in [1.29, 1.82) is 0 Å². The molecule has 138 valence electrons. The lowest BCUT2D eigenvalue weighted by Crippen LogP contribution is -2.31. The third-order valence-electron chi connectivity index (χ3n) is 4.94. The van der Waals surface area contributed by atoms with Gasteiger partial charge in [-0.3, -0.25) is 4.79 Å². The molecule has 1 aromatic rings. The zero-order valence-corrected chi connectivity index (χ0v) is 15.2. The second-order valence-electron chi connectivity index (χ2n) is 6.72. The maximum Gasteiger partial charge on any atom is 0.256 e. The van der Waals surface area contributed by atoms with Crippen LogP contribution >= 0.6 is 0 Å². The van der Waals surface area contributed by atoms with E-state index in [0.29, 0.717) is 26.2 Å². The molecule has 2 aliphatic rings. The Kier molecular flexibility index (Phi) is 5.41. The number of carbonyl (C=O) groups excluding carboxylic acids is 1. The molecule has 1 unspecified atom stereocenters. The lowest BCUT2D eigenvalue weighted by molar-refractivity contribution is 0.0788. The minimum Gasteiger partial charge on any atom is -0.339 e. The van der Waals surface area contributed by atoms with Gasteiger partial charge in [-0.2, -0.15) is 4.31 Å². The monoisotopic (exact) mass is 369 g/mol. The molecule has 8 heteroatoms. The van der Waals surface area contributed by atoms with Crippen molar-refractivity contribution in [3.05, 3.63) is 29.6 Å². The molecule has 1 amide bonds. The minimum atomic E-state index is -3.73. The molecule has 0 radical (unpaired) electrons. The molecule has 6 nitrogen and oxygen atoms in total. The summed E-state index contributed by atoms with van der Waals surface area (Å²) in [5.41, 5.74) is -0.0599. The largest absolute Gasteiger partial charge is 0.339 e. The number of sulfonamides is 1. The number of hydrogen-bond acceptors (Lipinski definition) is 4. The Labute approximate surface area is 148 Å². The number of likely N-dealkylation sites (tertiary alicyclic amines) is 1. The molecule has 0 saturated carbocycles. The van der Waals surface area contributed by atoms with Gasteiger partial charge in [0, 0.05) is 26.2 Å². The second-order valence-corrected chi connectivity index (χ2v) is 8.65. The van der Waals surface area contributed by atoms with Gasteiger partial charge in [-0.25, -0.2) is 12.8 Å². The summed E-state index contributed by atoms with van der Waals surface area (Å²) in [7, 11) is -1.90. The summed E-state index contributed by atoms with van der Waals surface area (Å²) in [5.74, 6) is -0.876. The van der Waals surface area contributed by atoms with Crippen molar-refractivity contribution < 1.29 is 17.6 Å². The van der Waals surface area contributed by atoms with Crippen LogP contribution in [-0.4, -0.2) is 63.3 Å². The molecule has 2 saturated heterocycles. The van der Waals surface area contributed by atoms with Gasteiger partial charge < -0.3 is 10.2 Å². The third kappa shape index (κ3) is 3.70. The van der Waals surface area contributed by atoms with Crippen LogP contribution in [0.15, 0.2) is 23.1 Å². The highest BCUT2D eigenvalue weighted by atomic mass is 32.2. The molecule has 25 heavy (non-hydrogen) atoms. The fourth-order valence-electron chi connectivity index (χ4n) is 3.54. The first-order chi connectivity index (χ1) is 11.9. The Morgan fingerprint density at radius 2 is 2.00 bits per heavy atom. The van der Waals surface area contributed by atoms with Gasteiger partial charge in [0.05, 0.1) is 10.5 Å². The molecule has 0 spiro atoms. The maximum atomic E-state index is 14.4. The molecular weight excluding hydrogens is 345 g/mol. The number of carbonyl (C=O) groups is 1. The van der Waals surface area contributed by atoms with E-state index < -0.39 is 15.8 Å². The summed E-state index contributed by atoms with van der Waals surface area (Å²) in [6, 6.07) is 3.61. The topological polar surface area (TPSA) is 69.7 Å². The van der Waals surface area contributed by atoms with Crippen LogP contribution in [-0.2, 0) is 10.0 Å². The summed E-state index contributed by atoms with van der Waals surface area (Å²) in [6.45, 7) is 2.87. The summed E-state index contributed by atoms with van der Waals surface area (Å²) in [4.78, 5) is 13.8. The van der Waals surface area contributed by atoms with Crippen molar-refractivity contribution in [3.63, 3.8) is 0 Å². The number of nitrogens with zero attached hydrogens (tertiary/aromatic N) is 2. The van der Waals surface area contributed by atoms with Crippen LogP contribution in [0.25, 0.3) is 0 Å². The van der Waals surface area contributed by atoms with Gasteiger partial charge in [-0.15, -0.1) is 0 Å². The standard InChI is InChI=1S/C17H24FN3O3S/c1-19-11-13-6-9-21(12-13)25(23,24)14-4-5-15(16(18)10-14)17(22)20-7-2-3-8-20/h4-5,10,13,19H,2-3,6-9,11-12H2,1H3. The molecule has 0 aliphatic carbocycles. The summed E-state index contributed by atoms with van der Waals surface area (Å²) >= 11 is 0. The lowest BCUT2D eigenvalue weighted by Gasteiger charge is -2.18. The Bertz CT molecular complexity index is 748. The second kappa shape index (κ2) is 7.39. The van der Waals surface area contributed by atoms with Gasteiger partial charge in [0.1, 0.15) is 5.82 Å². The van der Waals surface area contributed by atoms with E-state index in [-0.39, 0.29) is 22.3 Å². The number of amides is 1. The molecular formula is C17H24FN3O3S. The number of hydrogen-bond donors (Lipinski definition) is 1. The average Bonchev–Trinajstić information content (AvgIpc) is 3.26. The van der Waals surface area contributed by atoms with E-state index in [0.717, 1.165) is 31.9 Å². The van der Waals surface area contributed by atoms with E-state index >= 15 is 0 Å². The predicted octanol–water partition coefficient (Wildman–Crippen LogP) is 1.29. The van der Waals surface area contributed by atoms with Gasteiger partial charge >= 0.3 is 0 Å². The van der Waals surface area contributed by atoms with Crippen molar-refractivity contribution in [3.8, 4) is 0 Å². The number of rotatable bonds is 5. The Morgan fingerprint density at radius 1 is 1.28 bits per heavy atom. The molecule has 0 aromatic heterocycles. The van der Waals surface area contributed by atoms with E-state index in [2.05, 4.69) is 5.32 Å². The van der Waals surface area contributed by atoms with Crippen LogP contribution in [0.3, 0.4) is 0 Å². The summed E-state index contributed by atoms with van der Waals surface area (Å²) in [6.07, 6.45) is 2.62. The Balaban J connectivity index is 1.79. The number of nitrogens with one attached hydrogen (secondary N) is 1. The van der Waals surface area contributed by atoms with E-state index in [9.17, 15) is 17.6 Å². The van der Waals surface area contributed by atoms with Crippen LogP contribution in [0.5, 0.6) is 0 Å². The van der Waals surface area contributed by atoms with Gasteiger partial charge in [-0.1, -0.05) is 0 Å². The number of halogens is 1. The lowest BCUT2D eigenvalue weighted by atomic mass is 10.1.